The van der Waals surface area contributed by atoms with E-state index in [1.165, 1.54) is 10.7 Å². The maximum Gasteiger partial charge on any atom is 0.240 e. The van der Waals surface area contributed by atoms with Crippen molar-refractivity contribution in [2.24, 2.45) is 0 Å². The van der Waals surface area contributed by atoms with Gasteiger partial charge in [-0.2, -0.15) is 9.97 Å². The van der Waals surface area contributed by atoms with E-state index in [9.17, 15) is 0 Å². The van der Waals surface area contributed by atoms with Crippen LogP contribution >= 0.6 is 58.2 Å². The molecule has 13 heteroatoms. The van der Waals surface area contributed by atoms with Gasteiger partial charge in [-0.25, -0.2) is 19.0 Å². The number of nitrogens with two attached hydrogens (primary N) is 2. The predicted octanol–water partition coefficient (Wildman–Crippen LogP) is 1.29. The molecule has 0 unspecified atom stereocenters. The minimum atomic E-state index is 0. The summed E-state index contributed by atoms with van der Waals surface area (Å²) in [6, 6.07) is 0. The molecule has 0 aliphatic carbocycles. The minimum absolute atomic E-state index is 0. The van der Waals surface area contributed by atoms with Crippen molar-refractivity contribution in [2.75, 3.05) is 11.5 Å². The van der Waals surface area contributed by atoms with E-state index in [-0.39, 0.29) is 35.9 Å². The van der Waals surface area contributed by atoms with Crippen LogP contribution in [-0.2, 0) is 0 Å². The average Bonchev–Trinajstić information content (AvgIpc) is 3.03. The van der Waals surface area contributed by atoms with Gasteiger partial charge in [-0.1, -0.05) is 11.6 Å². The van der Waals surface area contributed by atoms with Gasteiger partial charge in [-0.05, 0) is 22.6 Å². The summed E-state index contributed by atoms with van der Waals surface area (Å²) < 4.78 is 3.88. The molecular weight excluding hydrogens is 549 g/mol. The molecule has 0 aromatic carbocycles. The maximum absolute atomic E-state index is 5.68. The first-order chi connectivity index (χ1) is 10.5. The molecule has 0 fully saturated rings. The Morgan fingerprint density at radius 3 is 2.00 bits per heavy atom. The van der Waals surface area contributed by atoms with Crippen LogP contribution in [0.15, 0.2) is 24.8 Å². The standard InChI is InChI=1S/C5H4ClN5.C5H4IN5.HI/c2*6-3-4-9-5(7)10-11(4)2-1-8-3;/h2*1-2H,(H2,7,10);1H. The molecule has 120 valence electrons. The Labute approximate surface area is 164 Å². The number of anilines is 2. The Hall–Kier alpha value is -1.55. The molecule has 4 heterocycles. The molecule has 0 bridgehead atoms. The van der Waals surface area contributed by atoms with Crippen molar-refractivity contribution in [2.45, 2.75) is 0 Å². The smallest absolute Gasteiger partial charge is 0.240 e. The lowest BCUT2D eigenvalue weighted by atomic mass is 10.7. The maximum atomic E-state index is 5.68. The predicted molar refractivity (Wildman–Crippen MR) is 104 cm³/mol. The van der Waals surface area contributed by atoms with Crippen LogP contribution in [0.1, 0.15) is 0 Å². The monoisotopic (exact) mass is 558 g/mol. The van der Waals surface area contributed by atoms with Crippen LogP contribution in [0.2, 0.25) is 5.15 Å². The molecule has 4 N–H and O–H groups in total. The summed E-state index contributed by atoms with van der Waals surface area (Å²) in [5.41, 5.74) is 11.9. The highest BCUT2D eigenvalue weighted by atomic mass is 127. The van der Waals surface area contributed by atoms with Crippen molar-refractivity contribution in [3.05, 3.63) is 33.6 Å². The second kappa shape index (κ2) is 7.35. The van der Waals surface area contributed by atoms with Crippen LogP contribution in [0.25, 0.3) is 11.3 Å². The van der Waals surface area contributed by atoms with Crippen LogP contribution in [0, 0.1) is 3.70 Å². The summed E-state index contributed by atoms with van der Waals surface area (Å²) in [5, 5.41) is 8.05. The van der Waals surface area contributed by atoms with E-state index in [2.05, 4.69) is 52.7 Å². The van der Waals surface area contributed by atoms with E-state index in [1.54, 1.807) is 23.1 Å². The number of nitrogens with zero attached hydrogens (tertiary/aromatic N) is 8. The Morgan fingerprint density at radius 1 is 0.913 bits per heavy atom. The van der Waals surface area contributed by atoms with Gasteiger partial charge in [0.15, 0.2) is 16.4 Å². The summed E-state index contributed by atoms with van der Waals surface area (Å²) in [5.74, 6) is 0.468. The molecule has 10 nitrogen and oxygen atoms in total. The molecule has 0 aliphatic heterocycles. The topological polar surface area (TPSA) is 138 Å². The lowest BCUT2D eigenvalue weighted by Crippen LogP contribution is -1.91. The Kier molecular flexibility index (Phi) is 5.69. The summed E-state index contributed by atoms with van der Waals surface area (Å²) >= 11 is 7.76. The number of fused-ring (bicyclic) bond motifs is 2. The van der Waals surface area contributed by atoms with Gasteiger partial charge in [-0.15, -0.1) is 34.2 Å². The zero-order valence-electron chi connectivity index (χ0n) is 11.2. The fourth-order valence-electron chi connectivity index (χ4n) is 1.61. The molecule has 4 aromatic heterocycles. The summed E-state index contributed by atoms with van der Waals surface area (Å²) in [4.78, 5) is 15.7. The van der Waals surface area contributed by atoms with Gasteiger partial charge in [0.1, 0.15) is 3.70 Å². The van der Waals surface area contributed by atoms with Crippen LogP contribution in [0.4, 0.5) is 11.9 Å². The summed E-state index contributed by atoms with van der Waals surface area (Å²) in [6.45, 7) is 0. The molecular formula is C10H9ClI2N10. The number of hydrogen-bond donors (Lipinski definition) is 2. The first-order valence-corrected chi connectivity index (χ1v) is 7.25. The summed E-state index contributed by atoms with van der Waals surface area (Å²) in [7, 11) is 0. The largest absolute Gasteiger partial charge is 0.366 e. The van der Waals surface area contributed by atoms with Gasteiger partial charge in [-0.3, -0.25) is 0 Å². The van der Waals surface area contributed by atoms with E-state index in [4.69, 9.17) is 23.1 Å². The van der Waals surface area contributed by atoms with Crippen LogP contribution in [0.3, 0.4) is 0 Å². The zero-order chi connectivity index (χ0) is 15.7. The molecule has 0 amide bonds. The zero-order valence-corrected chi connectivity index (χ0v) is 16.4. The van der Waals surface area contributed by atoms with Gasteiger partial charge >= 0.3 is 0 Å². The highest BCUT2D eigenvalue weighted by molar-refractivity contribution is 14.1. The van der Waals surface area contributed by atoms with E-state index < -0.39 is 0 Å². The van der Waals surface area contributed by atoms with Crippen LogP contribution in [-0.4, -0.2) is 39.2 Å². The van der Waals surface area contributed by atoms with Crippen LogP contribution < -0.4 is 11.5 Å². The van der Waals surface area contributed by atoms with Crippen molar-refractivity contribution < 1.29 is 0 Å². The Morgan fingerprint density at radius 2 is 1.43 bits per heavy atom. The molecule has 4 aromatic rings. The van der Waals surface area contributed by atoms with Gasteiger partial charge < -0.3 is 11.5 Å². The van der Waals surface area contributed by atoms with Gasteiger partial charge in [0.25, 0.3) is 0 Å². The number of hydrogen-bond acceptors (Lipinski definition) is 8. The molecule has 0 saturated heterocycles. The highest BCUT2D eigenvalue weighted by Gasteiger charge is 2.03. The van der Waals surface area contributed by atoms with Gasteiger partial charge in [0.05, 0.1) is 0 Å². The molecule has 23 heavy (non-hydrogen) atoms. The first-order valence-electron chi connectivity index (χ1n) is 5.79. The SMILES string of the molecule is I.Nc1nc2c(Cl)nccn2n1.Nc1nc2c(I)nccn2n1. The Bertz CT molecular complexity index is 873. The first kappa shape index (κ1) is 17.8. The third-order valence-corrected chi connectivity index (χ3v) is 3.48. The second-order valence-corrected chi connectivity index (χ2v) is 5.29. The molecule has 0 saturated carbocycles. The fourth-order valence-corrected chi connectivity index (χ4v) is 2.32. The third-order valence-electron chi connectivity index (χ3n) is 2.46. The van der Waals surface area contributed by atoms with E-state index in [0.717, 1.165) is 3.70 Å². The number of nitrogen functional groups attached to an aromatic ring is 2. The highest BCUT2D eigenvalue weighted by Crippen LogP contribution is 2.11. The van der Waals surface area contributed by atoms with E-state index >= 15 is 0 Å². The van der Waals surface area contributed by atoms with Crippen molar-refractivity contribution in [3.8, 4) is 0 Å². The molecule has 4 rings (SSSR count). The second-order valence-electron chi connectivity index (χ2n) is 3.91. The minimum Gasteiger partial charge on any atom is -0.366 e. The van der Waals surface area contributed by atoms with Crippen molar-refractivity contribution in [1.29, 1.82) is 0 Å². The molecule has 0 radical (unpaired) electrons. The number of rotatable bonds is 0. The van der Waals surface area contributed by atoms with Crippen molar-refractivity contribution >= 4 is 81.4 Å². The fraction of sp³-hybridized carbons (Fsp3) is 0. The van der Waals surface area contributed by atoms with Gasteiger partial charge in [0.2, 0.25) is 11.9 Å². The number of aromatic nitrogens is 8. The summed E-state index contributed by atoms with van der Waals surface area (Å²) in [6.07, 6.45) is 6.53. The van der Waals surface area contributed by atoms with E-state index in [0.29, 0.717) is 16.4 Å². The average molecular weight is 559 g/mol. The molecule has 0 atom stereocenters. The molecule has 0 spiro atoms. The third kappa shape index (κ3) is 3.86. The number of halogens is 3. The van der Waals surface area contributed by atoms with Crippen LogP contribution in [0.5, 0.6) is 0 Å². The van der Waals surface area contributed by atoms with Gasteiger partial charge in [0, 0.05) is 24.8 Å². The quantitative estimate of drug-likeness (QED) is 0.308. The van der Waals surface area contributed by atoms with Crippen molar-refractivity contribution in [3.63, 3.8) is 0 Å². The normalized spacial score (nSPS) is 10.2. The lowest BCUT2D eigenvalue weighted by molar-refractivity contribution is 0.945. The lowest BCUT2D eigenvalue weighted by Gasteiger charge is -1.89. The van der Waals surface area contributed by atoms with Crippen molar-refractivity contribution in [1.82, 2.24) is 39.2 Å². The molecule has 0 aliphatic rings. The Balaban J connectivity index is 0.000000160. The van der Waals surface area contributed by atoms with E-state index in [1.807, 2.05) is 0 Å².